The monoisotopic (exact) mass is 191 g/mol. The van der Waals surface area contributed by atoms with Gasteiger partial charge < -0.3 is 9.84 Å². The van der Waals surface area contributed by atoms with E-state index in [-0.39, 0.29) is 12.4 Å². The van der Waals surface area contributed by atoms with Crippen LogP contribution in [0.4, 0.5) is 0 Å². The Morgan fingerprint density at radius 1 is 1.57 bits per heavy atom. The van der Waals surface area contributed by atoms with E-state index < -0.39 is 5.97 Å². The topological polar surface area (TPSA) is 70.3 Å². The molecular formula is C10H9NO3. The Morgan fingerprint density at radius 3 is 2.79 bits per heavy atom. The van der Waals surface area contributed by atoms with Gasteiger partial charge in [-0.1, -0.05) is 0 Å². The first-order valence-corrected chi connectivity index (χ1v) is 3.99. The zero-order valence-corrected chi connectivity index (χ0v) is 7.65. The lowest BCUT2D eigenvalue weighted by atomic mass is 10.1. The molecule has 0 spiro atoms. The highest BCUT2D eigenvalue weighted by Crippen LogP contribution is 2.17. The lowest BCUT2D eigenvalue weighted by molar-refractivity contribution is -0.131. The van der Waals surface area contributed by atoms with Gasteiger partial charge in [0.1, 0.15) is 5.75 Å². The van der Waals surface area contributed by atoms with Gasteiger partial charge >= 0.3 is 5.97 Å². The van der Waals surface area contributed by atoms with Gasteiger partial charge in [0, 0.05) is 6.92 Å². The summed E-state index contributed by atoms with van der Waals surface area (Å²) in [6.07, 6.45) is 0. The molecule has 0 atom stereocenters. The van der Waals surface area contributed by atoms with Crippen LogP contribution < -0.4 is 4.74 Å². The van der Waals surface area contributed by atoms with Gasteiger partial charge in [0.2, 0.25) is 0 Å². The fourth-order valence-electron chi connectivity index (χ4n) is 1.04. The van der Waals surface area contributed by atoms with Crippen LogP contribution in [-0.4, -0.2) is 11.1 Å². The molecule has 0 aliphatic carbocycles. The minimum absolute atomic E-state index is 0.191. The Hall–Kier alpha value is -1.86. The molecule has 4 heteroatoms. The van der Waals surface area contributed by atoms with Gasteiger partial charge in [-0.05, 0) is 23.8 Å². The van der Waals surface area contributed by atoms with Crippen LogP contribution in [0.1, 0.15) is 18.1 Å². The van der Waals surface area contributed by atoms with Gasteiger partial charge in [0.05, 0.1) is 18.2 Å². The number of carbonyl (C=O) groups excluding carboxylic acids is 1. The molecule has 14 heavy (non-hydrogen) atoms. The van der Waals surface area contributed by atoms with E-state index in [9.17, 15) is 4.79 Å². The van der Waals surface area contributed by atoms with Crippen molar-refractivity contribution in [1.29, 1.82) is 5.26 Å². The molecule has 1 N–H and O–H groups in total. The Kier molecular flexibility index (Phi) is 3.21. The molecule has 0 saturated carbocycles. The molecule has 0 bridgehead atoms. The van der Waals surface area contributed by atoms with E-state index in [0.717, 1.165) is 0 Å². The third-order valence-corrected chi connectivity index (χ3v) is 1.54. The molecule has 4 nitrogen and oxygen atoms in total. The van der Waals surface area contributed by atoms with Gasteiger partial charge in [0.15, 0.2) is 0 Å². The molecule has 0 aromatic heterocycles. The summed E-state index contributed by atoms with van der Waals surface area (Å²) in [4.78, 5) is 10.6. The summed E-state index contributed by atoms with van der Waals surface area (Å²) in [6, 6.07) is 6.41. The van der Waals surface area contributed by atoms with Gasteiger partial charge in [0.25, 0.3) is 0 Å². The van der Waals surface area contributed by atoms with Gasteiger partial charge in [-0.15, -0.1) is 0 Å². The number of nitrogens with zero attached hydrogens (tertiary/aromatic N) is 1. The molecule has 0 heterocycles. The Morgan fingerprint density at radius 2 is 2.29 bits per heavy atom. The SMILES string of the molecule is CC(=O)Oc1cc(C#N)cc(CO)c1. The molecule has 0 amide bonds. The van der Waals surface area contributed by atoms with E-state index in [0.29, 0.717) is 11.1 Å². The minimum Gasteiger partial charge on any atom is -0.427 e. The maximum absolute atomic E-state index is 10.6. The van der Waals surface area contributed by atoms with Crippen LogP contribution in [0.15, 0.2) is 18.2 Å². The first kappa shape index (κ1) is 10.2. The zero-order chi connectivity index (χ0) is 10.6. The molecule has 0 aliphatic rings. The molecule has 1 rings (SSSR count). The average molecular weight is 191 g/mol. The van der Waals surface area contributed by atoms with Crippen LogP contribution in [0.3, 0.4) is 0 Å². The smallest absolute Gasteiger partial charge is 0.308 e. The second-order valence-electron chi connectivity index (χ2n) is 2.73. The van der Waals surface area contributed by atoms with Gasteiger partial charge in [-0.2, -0.15) is 5.26 Å². The van der Waals surface area contributed by atoms with Crippen molar-refractivity contribution in [2.24, 2.45) is 0 Å². The Bertz CT molecular complexity index is 393. The van der Waals surface area contributed by atoms with Crippen molar-refractivity contribution in [2.75, 3.05) is 0 Å². The third-order valence-electron chi connectivity index (χ3n) is 1.54. The molecule has 0 unspecified atom stereocenters. The van der Waals surface area contributed by atoms with Crippen LogP contribution in [-0.2, 0) is 11.4 Å². The third kappa shape index (κ3) is 2.57. The number of rotatable bonds is 2. The number of hydrogen-bond donors (Lipinski definition) is 1. The van der Waals surface area contributed by atoms with E-state index in [1.54, 1.807) is 0 Å². The van der Waals surface area contributed by atoms with Gasteiger partial charge in [-0.3, -0.25) is 4.79 Å². The van der Waals surface area contributed by atoms with E-state index in [1.807, 2.05) is 6.07 Å². The highest BCUT2D eigenvalue weighted by molar-refractivity contribution is 5.69. The fourth-order valence-corrected chi connectivity index (χ4v) is 1.04. The van der Waals surface area contributed by atoms with Crippen molar-refractivity contribution in [3.05, 3.63) is 29.3 Å². The van der Waals surface area contributed by atoms with Crippen molar-refractivity contribution < 1.29 is 14.6 Å². The maximum Gasteiger partial charge on any atom is 0.308 e. The summed E-state index contributed by atoms with van der Waals surface area (Å²) < 4.78 is 4.80. The zero-order valence-electron chi connectivity index (χ0n) is 7.65. The highest BCUT2D eigenvalue weighted by Gasteiger charge is 2.03. The van der Waals surface area contributed by atoms with Crippen molar-refractivity contribution >= 4 is 5.97 Å². The molecular weight excluding hydrogens is 182 g/mol. The number of hydrogen-bond acceptors (Lipinski definition) is 4. The number of aliphatic hydroxyl groups is 1. The summed E-state index contributed by atoms with van der Waals surface area (Å²) in [5, 5.41) is 17.5. The number of ether oxygens (including phenoxy) is 1. The normalized spacial score (nSPS) is 9.21. The van der Waals surface area contributed by atoms with E-state index >= 15 is 0 Å². The largest absolute Gasteiger partial charge is 0.427 e. The summed E-state index contributed by atoms with van der Waals surface area (Å²) in [5.41, 5.74) is 0.896. The van der Waals surface area contributed by atoms with Crippen LogP contribution in [0.2, 0.25) is 0 Å². The predicted molar refractivity (Wildman–Crippen MR) is 48.4 cm³/mol. The lowest BCUT2D eigenvalue weighted by Crippen LogP contribution is -2.02. The van der Waals surface area contributed by atoms with E-state index in [1.165, 1.54) is 25.1 Å². The van der Waals surface area contributed by atoms with E-state index in [4.69, 9.17) is 15.1 Å². The minimum atomic E-state index is -0.455. The first-order chi connectivity index (χ1) is 6.65. The van der Waals surface area contributed by atoms with Crippen molar-refractivity contribution in [3.8, 4) is 11.8 Å². The number of benzene rings is 1. The number of aliphatic hydroxyl groups excluding tert-OH is 1. The average Bonchev–Trinajstić information content (AvgIpc) is 2.16. The van der Waals surface area contributed by atoms with Crippen molar-refractivity contribution in [2.45, 2.75) is 13.5 Å². The molecule has 0 aliphatic heterocycles. The van der Waals surface area contributed by atoms with E-state index in [2.05, 4.69) is 0 Å². The maximum atomic E-state index is 10.6. The van der Waals surface area contributed by atoms with Crippen LogP contribution in [0, 0.1) is 11.3 Å². The second kappa shape index (κ2) is 4.40. The summed E-state index contributed by atoms with van der Waals surface area (Å²) >= 11 is 0. The lowest BCUT2D eigenvalue weighted by Gasteiger charge is -2.03. The molecule has 0 fully saturated rings. The van der Waals surface area contributed by atoms with Crippen molar-refractivity contribution in [3.63, 3.8) is 0 Å². The second-order valence-corrected chi connectivity index (χ2v) is 2.73. The summed E-state index contributed by atoms with van der Waals surface area (Å²) in [6.45, 7) is 1.08. The van der Waals surface area contributed by atoms with Crippen LogP contribution in [0.5, 0.6) is 5.75 Å². The first-order valence-electron chi connectivity index (χ1n) is 3.99. The summed E-state index contributed by atoms with van der Waals surface area (Å²) in [7, 11) is 0. The molecule has 0 radical (unpaired) electrons. The van der Waals surface area contributed by atoms with Crippen molar-refractivity contribution in [1.82, 2.24) is 0 Å². The summed E-state index contributed by atoms with van der Waals surface area (Å²) in [5.74, 6) is -0.176. The fraction of sp³-hybridized carbons (Fsp3) is 0.200. The number of carbonyl (C=O) groups is 1. The number of nitriles is 1. The van der Waals surface area contributed by atoms with Crippen LogP contribution >= 0.6 is 0 Å². The van der Waals surface area contributed by atoms with Gasteiger partial charge in [-0.25, -0.2) is 0 Å². The van der Waals surface area contributed by atoms with Crippen LogP contribution in [0.25, 0.3) is 0 Å². The molecule has 1 aromatic carbocycles. The predicted octanol–water partition coefficient (Wildman–Crippen LogP) is 0.976. The molecule has 72 valence electrons. The Balaban J connectivity index is 3.05. The number of esters is 1. The quantitative estimate of drug-likeness (QED) is 0.558. The highest BCUT2D eigenvalue weighted by atomic mass is 16.5. The Labute approximate surface area is 81.4 Å². The molecule has 0 saturated heterocycles. The standard InChI is InChI=1S/C10H9NO3/c1-7(13)14-10-3-8(5-11)2-9(4-10)6-12/h2-4,12H,6H2,1H3. The molecule has 1 aromatic rings.